The minimum Gasteiger partial charge on any atom is -0.481 e. The maximum Gasteiger partial charge on any atom is 0.220 e. The van der Waals surface area contributed by atoms with Crippen LogP contribution in [0.1, 0.15) is 0 Å². The van der Waals surface area contributed by atoms with Gasteiger partial charge in [0.15, 0.2) is 0 Å². The van der Waals surface area contributed by atoms with Crippen LogP contribution in [0, 0.1) is 0 Å². The largest absolute Gasteiger partial charge is 0.481 e. The van der Waals surface area contributed by atoms with E-state index in [0.717, 1.165) is 0 Å². The minimum atomic E-state index is 0.457. The van der Waals surface area contributed by atoms with Crippen molar-refractivity contribution in [3.63, 3.8) is 0 Å². The Bertz CT molecular complexity index is 386. The van der Waals surface area contributed by atoms with Crippen LogP contribution in [-0.4, -0.2) is 22.2 Å². The lowest BCUT2D eigenvalue weighted by Gasteiger charge is -1.98. The zero-order chi connectivity index (χ0) is 9.10. The van der Waals surface area contributed by atoms with Gasteiger partial charge < -0.3 is 9.26 Å². The van der Waals surface area contributed by atoms with E-state index in [1.54, 1.807) is 19.2 Å². The number of ether oxygens (including phenoxy) is 1. The molecule has 0 aliphatic carbocycles. The number of hydrogen-bond acceptors (Lipinski definition) is 5. The van der Waals surface area contributed by atoms with E-state index < -0.39 is 0 Å². The topological polar surface area (TPSA) is 61.0 Å². The number of methoxy groups -OCH3 is 1. The highest BCUT2D eigenvalue weighted by Gasteiger charge is 2.04. The van der Waals surface area contributed by atoms with E-state index in [2.05, 4.69) is 19.6 Å². The average molecular weight is 177 g/mol. The van der Waals surface area contributed by atoms with Crippen LogP contribution >= 0.6 is 0 Å². The molecule has 0 saturated heterocycles. The van der Waals surface area contributed by atoms with Gasteiger partial charge in [0.05, 0.1) is 7.11 Å². The summed E-state index contributed by atoms with van der Waals surface area (Å²) in [6.45, 7) is 0. The molecule has 0 bridgehead atoms. The minimum absolute atomic E-state index is 0.457. The summed E-state index contributed by atoms with van der Waals surface area (Å²) >= 11 is 0. The molecule has 0 aromatic carbocycles. The van der Waals surface area contributed by atoms with Crippen LogP contribution in [0.25, 0.3) is 11.5 Å². The summed E-state index contributed by atoms with van der Waals surface area (Å²) in [6, 6.07) is 5.36. The van der Waals surface area contributed by atoms with Gasteiger partial charge in [0.25, 0.3) is 0 Å². The van der Waals surface area contributed by atoms with Gasteiger partial charge in [-0.2, -0.15) is 4.98 Å². The second kappa shape index (κ2) is 3.22. The van der Waals surface area contributed by atoms with Crippen molar-refractivity contribution in [1.82, 2.24) is 15.1 Å². The van der Waals surface area contributed by atoms with Crippen LogP contribution in [0.4, 0.5) is 0 Å². The standard InChI is InChI=1S/C8H7N3O2/c1-12-7-4-2-3-6(10-7)8-9-5-13-11-8/h2-5H,1H3. The first-order valence-corrected chi connectivity index (χ1v) is 3.68. The molecular weight excluding hydrogens is 170 g/mol. The zero-order valence-electron chi connectivity index (χ0n) is 6.97. The van der Waals surface area contributed by atoms with Crippen LogP contribution in [0.3, 0.4) is 0 Å². The molecule has 0 spiro atoms. The van der Waals surface area contributed by atoms with Gasteiger partial charge in [-0.25, -0.2) is 4.98 Å². The summed E-state index contributed by atoms with van der Waals surface area (Å²) < 4.78 is 9.56. The Balaban J connectivity index is 2.41. The summed E-state index contributed by atoms with van der Waals surface area (Å²) in [5.41, 5.74) is 0.633. The second-order valence-corrected chi connectivity index (χ2v) is 2.32. The van der Waals surface area contributed by atoms with Crippen molar-refractivity contribution >= 4 is 0 Å². The van der Waals surface area contributed by atoms with E-state index in [1.807, 2.05) is 6.07 Å². The van der Waals surface area contributed by atoms with Gasteiger partial charge in [0.2, 0.25) is 18.1 Å². The SMILES string of the molecule is COc1cccc(-c2ncon2)n1. The highest BCUT2D eigenvalue weighted by atomic mass is 16.5. The fourth-order valence-corrected chi connectivity index (χ4v) is 0.937. The molecule has 2 aromatic heterocycles. The lowest BCUT2D eigenvalue weighted by Crippen LogP contribution is -1.90. The highest BCUT2D eigenvalue weighted by Crippen LogP contribution is 2.14. The molecule has 0 N–H and O–H groups in total. The molecule has 5 nitrogen and oxygen atoms in total. The summed E-state index contributed by atoms with van der Waals surface area (Å²) in [4.78, 5) is 7.99. The Kier molecular flexibility index (Phi) is 1.91. The molecule has 2 heterocycles. The Labute approximate surface area is 74.4 Å². The zero-order valence-corrected chi connectivity index (χ0v) is 6.97. The predicted octanol–water partition coefficient (Wildman–Crippen LogP) is 1.14. The van der Waals surface area contributed by atoms with Gasteiger partial charge in [-0.1, -0.05) is 11.2 Å². The molecule has 0 radical (unpaired) electrons. The Morgan fingerprint density at radius 3 is 3.00 bits per heavy atom. The van der Waals surface area contributed by atoms with Crippen molar-refractivity contribution in [2.45, 2.75) is 0 Å². The first-order valence-electron chi connectivity index (χ1n) is 3.68. The van der Waals surface area contributed by atoms with Gasteiger partial charge in [-0.15, -0.1) is 0 Å². The van der Waals surface area contributed by atoms with Crippen molar-refractivity contribution in [2.24, 2.45) is 0 Å². The van der Waals surface area contributed by atoms with Gasteiger partial charge in [0.1, 0.15) is 5.69 Å². The normalized spacial score (nSPS) is 9.92. The second-order valence-electron chi connectivity index (χ2n) is 2.32. The first-order chi connectivity index (χ1) is 6.40. The Hall–Kier alpha value is -1.91. The fraction of sp³-hybridized carbons (Fsp3) is 0.125. The van der Waals surface area contributed by atoms with Gasteiger partial charge in [0, 0.05) is 6.07 Å². The van der Waals surface area contributed by atoms with Crippen molar-refractivity contribution in [1.29, 1.82) is 0 Å². The molecular formula is C8H7N3O2. The van der Waals surface area contributed by atoms with E-state index >= 15 is 0 Å². The Morgan fingerprint density at radius 2 is 2.31 bits per heavy atom. The van der Waals surface area contributed by atoms with Crippen molar-refractivity contribution in [2.75, 3.05) is 7.11 Å². The molecule has 0 amide bonds. The van der Waals surface area contributed by atoms with Crippen molar-refractivity contribution < 1.29 is 9.26 Å². The molecule has 13 heavy (non-hydrogen) atoms. The number of nitrogens with zero attached hydrogens (tertiary/aromatic N) is 3. The number of hydrogen-bond donors (Lipinski definition) is 0. The fourth-order valence-electron chi connectivity index (χ4n) is 0.937. The van der Waals surface area contributed by atoms with Crippen LogP contribution in [0.15, 0.2) is 29.1 Å². The Morgan fingerprint density at radius 1 is 1.38 bits per heavy atom. The molecule has 0 aliphatic rings. The number of rotatable bonds is 2. The molecule has 0 aliphatic heterocycles. The van der Waals surface area contributed by atoms with E-state index in [1.165, 1.54) is 6.39 Å². The number of pyridine rings is 1. The molecule has 0 atom stereocenters. The first kappa shape index (κ1) is 7.72. The highest BCUT2D eigenvalue weighted by molar-refractivity contribution is 5.48. The van der Waals surface area contributed by atoms with E-state index in [-0.39, 0.29) is 0 Å². The lowest BCUT2D eigenvalue weighted by molar-refractivity contribution is 0.397. The van der Waals surface area contributed by atoms with Crippen molar-refractivity contribution in [3.05, 3.63) is 24.6 Å². The van der Waals surface area contributed by atoms with Crippen LogP contribution in [0.2, 0.25) is 0 Å². The third-order valence-corrected chi connectivity index (χ3v) is 1.52. The van der Waals surface area contributed by atoms with Gasteiger partial charge in [-0.05, 0) is 6.07 Å². The molecule has 0 saturated carbocycles. The van der Waals surface area contributed by atoms with Gasteiger partial charge in [-0.3, -0.25) is 0 Å². The maximum atomic E-state index is 4.96. The monoisotopic (exact) mass is 177 g/mol. The molecule has 0 unspecified atom stereocenters. The lowest BCUT2D eigenvalue weighted by atomic mass is 10.3. The predicted molar refractivity (Wildman–Crippen MR) is 44.1 cm³/mol. The van der Waals surface area contributed by atoms with Crippen LogP contribution in [0.5, 0.6) is 5.88 Å². The number of aromatic nitrogens is 3. The summed E-state index contributed by atoms with van der Waals surface area (Å²) in [5.74, 6) is 0.987. The van der Waals surface area contributed by atoms with E-state index in [4.69, 9.17) is 4.74 Å². The molecule has 66 valence electrons. The summed E-state index contributed by atoms with van der Waals surface area (Å²) in [6.07, 6.45) is 1.26. The van der Waals surface area contributed by atoms with Gasteiger partial charge >= 0.3 is 0 Å². The van der Waals surface area contributed by atoms with Crippen LogP contribution < -0.4 is 4.74 Å². The molecule has 5 heteroatoms. The van der Waals surface area contributed by atoms with E-state index in [0.29, 0.717) is 17.4 Å². The molecule has 0 fully saturated rings. The van der Waals surface area contributed by atoms with Crippen LogP contribution in [-0.2, 0) is 0 Å². The maximum absolute atomic E-state index is 4.96. The quantitative estimate of drug-likeness (QED) is 0.688. The average Bonchev–Trinajstić information content (AvgIpc) is 2.71. The summed E-state index contributed by atoms with van der Waals surface area (Å²) in [5, 5.41) is 3.66. The summed E-state index contributed by atoms with van der Waals surface area (Å²) in [7, 11) is 1.56. The third kappa shape index (κ3) is 1.48. The smallest absolute Gasteiger partial charge is 0.220 e. The molecule has 2 aromatic rings. The molecule has 2 rings (SSSR count). The van der Waals surface area contributed by atoms with E-state index in [9.17, 15) is 0 Å². The third-order valence-electron chi connectivity index (χ3n) is 1.52. The van der Waals surface area contributed by atoms with Crippen molar-refractivity contribution in [3.8, 4) is 17.4 Å².